The zero-order valence-electron chi connectivity index (χ0n) is 21.4. The normalized spacial score (nSPS) is 16.9. The molecule has 5 nitrogen and oxygen atoms in total. The van der Waals surface area contributed by atoms with Gasteiger partial charge in [-0.3, -0.25) is 9.62 Å². The topological polar surface area (TPSA) is 62.3 Å². The fourth-order valence-corrected chi connectivity index (χ4v) is 7.45. The number of hydrogen-bond acceptors (Lipinski definition) is 5. The summed E-state index contributed by atoms with van der Waals surface area (Å²) in [7, 11) is -4.00. The highest BCUT2D eigenvalue weighted by Gasteiger charge is 2.34. The zero-order valence-corrected chi connectivity index (χ0v) is 23.1. The van der Waals surface area contributed by atoms with E-state index in [9.17, 15) is 26.0 Å². The summed E-state index contributed by atoms with van der Waals surface area (Å²) in [6, 6.07) is 9.45. The molecule has 11 heteroatoms. The molecule has 3 aromatic rings. The Morgan fingerprint density at radius 1 is 1.08 bits per heavy atom. The van der Waals surface area contributed by atoms with Crippen LogP contribution in [0.25, 0.3) is 0 Å². The van der Waals surface area contributed by atoms with Crippen LogP contribution in [-0.4, -0.2) is 24.8 Å². The summed E-state index contributed by atoms with van der Waals surface area (Å²) in [5.74, 6) is 0.187. The molecule has 2 aromatic carbocycles. The lowest BCUT2D eigenvalue weighted by atomic mass is 9.98. The van der Waals surface area contributed by atoms with Gasteiger partial charge in [0.2, 0.25) is 0 Å². The lowest BCUT2D eigenvalue weighted by Crippen LogP contribution is -2.30. The SMILES string of the molecule is O=S(=O)(Nc1ccc(CCCC2CCCC2)cc1F)c1ccc2c(c1)CCN(Cc1nc(C(F)(F)F)cs1)C2. The summed E-state index contributed by atoms with van der Waals surface area (Å²) in [6.07, 6.45) is 4.19. The quantitative estimate of drug-likeness (QED) is 0.272. The van der Waals surface area contributed by atoms with E-state index >= 15 is 0 Å². The molecular weight excluding hydrogens is 550 g/mol. The van der Waals surface area contributed by atoms with Gasteiger partial charge >= 0.3 is 6.18 Å². The number of nitrogens with one attached hydrogen (secondary N) is 1. The van der Waals surface area contributed by atoms with Gasteiger partial charge in [-0.2, -0.15) is 13.2 Å². The molecule has 2 heterocycles. The number of thiazole rings is 1. The van der Waals surface area contributed by atoms with E-state index in [1.54, 1.807) is 18.2 Å². The van der Waals surface area contributed by atoms with Crippen LogP contribution >= 0.6 is 11.3 Å². The molecule has 0 unspecified atom stereocenters. The predicted octanol–water partition coefficient (Wildman–Crippen LogP) is 7.17. The molecule has 1 N–H and O–H groups in total. The molecule has 210 valence electrons. The van der Waals surface area contributed by atoms with Crippen molar-refractivity contribution in [3.63, 3.8) is 0 Å². The molecule has 1 aromatic heterocycles. The second-order valence-electron chi connectivity index (χ2n) is 10.5. The van der Waals surface area contributed by atoms with E-state index in [1.807, 2.05) is 4.90 Å². The van der Waals surface area contributed by atoms with Crippen LogP contribution in [0.3, 0.4) is 0 Å². The number of fused-ring (bicyclic) bond motifs is 1. The summed E-state index contributed by atoms with van der Waals surface area (Å²) in [6.45, 7) is 1.32. The molecule has 5 rings (SSSR count). The highest BCUT2D eigenvalue weighted by molar-refractivity contribution is 7.92. The zero-order chi connectivity index (χ0) is 27.6. The second kappa shape index (κ2) is 11.5. The molecule has 1 aliphatic carbocycles. The van der Waals surface area contributed by atoms with Crippen molar-refractivity contribution >= 4 is 27.0 Å². The van der Waals surface area contributed by atoms with Crippen LogP contribution in [0.2, 0.25) is 0 Å². The van der Waals surface area contributed by atoms with Gasteiger partial charge in [0.05, 0.1) is 17.1 Å². The van der Waals surface area contributed by atoms with E-state index in [0.717, 1.165) is 58.6 Å². The minimum absolute atomic E-state index is 0.0458. The first-order valence-corrected chi connectivity index (χ1v) is 15.6. The number of nitrogens with zero attached hydrogens (tertiary/aromatic N) is 2. The Morgan fingerprint density at radius 3 is 2.59 bits per heavy atom. The van der Waals surface area contributed by atoms with E-state index < -0.39 is 27.7 Å². The Balaban J connectivity index is 1.19. The maximum atomic E-state index is 14.8. The molecule has 0 atom stereocenters. The van der Waals surface area contributed by atoms with Crippen LogP contribution in [0, 0.1) is 11.7 Å². The van der Waals surface area contributed by atoms with Gasteiger partial charge in [-0.05, 0) is 66.1 Å². The molecule has 0 radical (unpaired) electrons. The van der Waals surface area contributed by atoms with Crippen molar-refractivity contribution in [2.45, 2.75) is 75.5 Å². The summed E-state index contributed by atoms with van der Waals surface area (Å²) >= 11 is 0.978. The second-order valence-corrected chi connectivity index (χ2v) is 13.1. The van der Waals surface area contributed by atoms with Crippen molar-refractivity contribution in [1.29, 1.82) is 0 Å². The highest BCUT2D eigenvalue weighted by Crippen LogP contribution is 2.32. The Labute approximate surface area is 230 Å². The molecule has 0 saturated heterocycles. The first kappa shape index (κ1) is 28.0. The van der Waals surface area contributed by atoms with Gasteiger partial charge in [0.1, 0.15) is 10.8 Å². The predicted molar refractivity (Wildman–Crippen MR) is 143 cm³/mol. The molecule has 2 aliphatic rings. The molecule has 0 spiro atoms. The molecular formula is C28H31F4N3O2S2. The average Bonchev–Trinajstić information content (AvgIpc) is 3.58. The van der Waals surface area contributed by atoms with Crippen LogP contribution in [0.1, 0.15) is 65.9 Å². The first-order chi connectivity index (χ1) is 18.6. The molecule has 39 heavy (non-hydrogen) atoms. The maximum Gasteiger partial charge on any atom is 0.434 e. The number of aryl methyl sites for hydroxylation is 1. The largest absolute Gasteiger partial charge is 0.434 e. The maximum absolute atomic E-state index is 14.8. The summed E-state index contributed by atoms with van der Waals surface area (Å²) in [5.41, 5.74) is 1.65. The highest BCUT2D eigenvalue weighted by atomic mass is 32.2. The molecule has 0 amide bonds. The fraction of sp³-hybridized carbons (Fsp3) is 0.464. The Hall–Kier alpha value is -2.50. The van der Waals surface area contributed by atoms with Gasteiger partial charge in [0, 0.05) is 18.5 Å². The summed E-state index contributed by atoms with van der Waals surface area (Å²) < 4.78 is 81.8. The smallest absolute Gasteiger partial charge is 0.292 e. The van der Waals surface area contributed by atoms with Crippen molar-refractivity contribution in [3.05, 3.63) is 75.0 Å². The van der Waals surface area contributed by atoms with Gasteiger partial charge in [-0.25, -0.2) is 17.8 Å². The van der Waals surface area contributed by atoms with Crippen LogP contribution in [0.15, 0.2) is 46.7 Å². The van der Waals surface area contributed by atoms with E-state index in [2.05, 4.69) is 9.71 Å². The number of rotatable bonds is 9. The molecule has 1 saturated carbocycles. The van der Waals surface area contributed by atoms with Crippen molar-refractivity contribution in [3.8, 4) is 0 Å². The number of alkyl halides is 3. The lowest BCUT2D eigenvalue weighted by molar-refractivity contribution is -0.140. The monoisotopic (exact) mass is 581 g/mol. The minimum atomic E-state index is -4.46. The van der Waals surface area contributed by atoms with Gasteiger partial charge in [-0.15, -0.1) is 11.3 Å². The van der Waals surface area contributed by atoms with Crippen LogP contribution < -0.4 is 4.72 Å². The van der Waals surface area contributed by atoms with Gasteiger partial charge in [0.25, 0.3) is 10.0 Å². The number of aromatic nitrogens is 1. The fourth-order valence-electron chi connectivity index (χ4n) is 5.49. The minimum Gasteiger partial charge on any atom is -0.292 e. The number of halogens is 4. The number of benzene rings is 2. The van der Waals surface area contributed by atoms with Crippen LogP contribution in [-0.2, 0) is 42.1 Å². The van der Waals surface area contributed by atoms with E-state index in [1.165, 1.54) is 43.9 Å². The number of sulfonamides is 1. The van der Waals surface area contributed by atoms with E-state index in [4.69, 9.17) is 0 Å². The first-order valence-electron chi connectivity index (χ1n) is 13.2. The Bertz CT molecular complexity index is 1420. The third-order valence-electron chi connectivity index (χ3n) is 7.61. The number of anilines is 1. The van der Waals surface area contributed by atoms with E-state index in [-0.39, 0.29) is 17.1 Å². The summed E-state index contributed by atoms with van der Waals surface area (Å²) in [4.78, 5) is 5.73. The molecule has 0 bridgehead atoms. The van der Waals surface area contributed by atoms with Gasteiger partial charge < -0.3 is 0 Å². The van der Waals surface area contributed by atoms with Crippen molar-refractivity contribution < 1.29 is 26.0 Å². The van der Waals surface area contributed by atoms with Crippen LogP contribution in [0.5, 0.6) is 0 Å². The van der Waals surface area contributed by atoms with Crippen molar-refractivity contribution in [2.75, 3.05) is 11.3 Å². The third-order valence-corrected chi connectivity index (χ3v) is 9.81. The lowest BCUT2D eigenvalue weighted by Gasteiger charge is -2.28. The molecule has 1 fully saturated rings. The standard InChI is InChI=1S/C28H31F4N3O2S2/c29-24-14-20(7-3-6-19-4-1-2-5-19)8-11-25(24)34-39(36,37)23-10-9-22-16-35(13-12-21(22)15-23)17-27-33-26(18-38-27)28(30,31)32/h8-11,14-15,18-19,34H,1-7,12-13,16-17H2. The van der Waals surface area contributed by atoms with Crippen molar-refractivity contribution in [1.82, 2.24) is 9.88 Å². The Kier molecular flexibility index (Phi) is 8.30. The van der Waals surface area contributed by atoms with Gasteiger partial charge in [0.15, 0.2) is 5.69 Å². The third kappa shape index (κ3) is 6.99. The Morgan fingerprint density at radius 2 is 1.87 bits per heavy atom. The van der Waals surface area contributed by atoms with Gasteiger partial charge in [-0.1, -0.05) is 44.2 Å². The van der Waals surface area contributed by atoms with E-state index in [0.29, 0.717) is 24.5 Å². The summed E-state index contributed by atoms with van der Waals surface area (Å²) in [5, 5.41) is 1.40. The average molecular weight is 582 g/mol. The van der Waals surface area contributed by atoms with Crippen molar-refractivity contribution in [2.24, 2.45) is 5.92 Å². The number of hydrogen-bond donors (Lipinski definition) is 1. The molecule has 1 aliphatic heterocycles. The van der Waals surface area contributed by atoms with Crippen LogP contribution in [0.4, 0.5) is 23.2 Å².